The van der Waals surface area contributed by atoms with Crippen molar-refractivity contribution in [3.63, 3.8) is 0 Å². The SMILES string of the molecule is CNc1ncnc(Nc2ccc(F)cc2Cl)c1Br. The first-order chi connectivity index (χ1) is 8.61. The van der Waals surface area contributed by atoms with Crippen molar-refractivity contribution >= 4 is 44.9 Å². The van der Waals surface area contributed by atoms with Crippen LogP contribution in [0.2, 0.25) is 5.02 Å². The van der Waals surface area contributed by atoms with Crippen LogP contribution in [0.5, 0.6) is 0 Å². The van der Waals surface area contributed by atoms with Crippen LogP contribution in [-0.2, 0) is 0 Å². The lowest BCUT2D eigenvalue weighted by Gasteiger charge is -2.11. The lowest BCUT2D eigenvalue weighted by Crippen LogP contribution is -2.00. The molecule has 0 saturated heterocycles. The predicted octanol–water partition coefficient (Wildman–Crippen LogP) is 3.82. The van der Waals surface area contributed by atoms with E-state index >= 15 is 0 Å². The Hall–Kier alpha value is -1.40. The number of aromatic nitrogens is 2. The van der Waals surface area contributed by atoms with Gasteiger partial charge in [0.1, 0.15) is 28.3 Å². The van der Waals surface area contributed by atoms with Crippen LogP contribution in [0, 0.1) is 5.82 Å². The molecular formula is C11H9BrClFN4. The Morgan fingerprint density at radius 1 is 1.28 bits per heavy atom. The second-order valence-electron chi connectivity index (χ2n) is 3.38. The summed E-state index contributed by atoms with van der Waals surface area (Å²) in [5.41, 5.74) is 0.569. The van der Waals surface area contributed by atoms with Gasteiger partial charge in [0.2, 0.25) is 0 Å². The van der Waals surface area contributed by atoms with Gasteiger partial charge in [0.25, 0.3) is 0 Å². The molecule has 0 atom stereocenters. The van der Waals surface area contributed by atoms with E-state index < -0.39 is 0 Å². The number of rotatable bonds is 3. The second kappa shape index (κ2) is 5.49. The highest BCUT2D eigenvalue weighted by Crippen LogP contribution is 2.31. The zero-order chi connectivity index (χ0) is 13.1. The van der Waals surface area contributed by atoms with Crippen molar-refractivity contribution in [3.05, 3.63) is 39.8 Å². The maximum absolute atomic E-state index is 12.9. The molecule has 0 amide bonds. The van der Waals surface area contributed by atoms with Gasteiger partial charge < -0.3 is 10.6 Å². The van der Waals surface area contributed by atoms with Gasteiger partial charge in [0, 0.05) is 7.05 Å². The normalized spacial score (nSPS) is 10.2. The van der Waals surface area contributed by atoms with E-state index in [9.17, 15) is 4.39 Å². The van der Waals surface area contributed by atoms with E-state index in [4.69, 9.17) is 11.6 Å². The molecular weight excluding hydrogens is 323 g/mol. The van der Waals surface area contributed by atoms with Gasteiger partial charge in [-0.05, 0) is 34.1 Å². The maximum atomic E-state index is 12.9. The lowest BCUT2D eigenvalue weighted by atomic mass is 10.3. The Morgan fingerprint density at radius 3 is 2.67 bits per heavy atom. The van der Waals surface area contributed by atoms with Gasteiger partial charge in [-0.15, -0.1) is 0 Å². The molecule has 0 saturated carbocycles. The van der Waals surface area contributed by atoms with Gasteiger partial charge in [-0.1, -0.05) is 11.6 Å². The topological polar surface area (TPSA) is 49.8 Å². The molecule has 1 aromatic heterocycles. The summed E-state index contributed by atoms with van der Waals surface area (Å²) < 4.78 is 13.6. The smallest absolute Gasteiger partial charge is 0.150 e. The third-order valence-electron chi connectivity index (χ3n) is 2.21. The first-order valence-electron chi connectivity index (χ1n) is 5.02. The average Bonchev–Trinajstić information content (AvgIpc) is 2.35. The van der Waals surface area contributed by atoms with Crippen molar-refractivity contribution in [2.24, 2.45) is 0 Å². The van der Waals surface area contributed by atoms with Crippen LogP contribution in [0.25, 0.3) is 0 Å². The Bertz CT molecular complexity index is 579. The van der Waals surface area contributed by atoms with E-state index in [0.717, 1.165) is 0 Å². The Kier molecular flexibility index (Phi) is 3.98. The highest BCUT2D eigenvalue weighted by atomic mass is 79.9. The van der Waals surface area contributed by atoms with E-state index in [-0.39, 0.29) is 10.8 Å². The van der Waals surface area contributed by atoms with Gasteiger partial charge in [0.05, 0.1) is 10.7 Å². The summed E-state index contributed by atoms with van der Waals surface area (Å²) in [4.78, 5) is 8.12. The molecule has 1 heterocycles. The molecule has 7 heteroatoms. The van der Waals surface area contributed by atoms with Gasteiger partial charge in [-0.3, -0.25) is 0 Å². The van der Waals surface area contributed by atoms with Gasteiger partial charge in [0.15, 0.2) is 0 Å². The molecule has 0 aliphatic heterocycles. The van der Waals surface area contributed by atoms with Crippen LogP contribution in [0.1, 0.15) is 0 Å². The van der Waals surface area contributed by atoms with E-state index in [1.165, 1.54) is 18.5 Å². The molecule has 0 aliphatic carbocycles. The molecule has 0 unspecified atom stereocenters. The Morgan fingerprint density at radius 2 is 2.00 bits per heavy atom. The number of benzene rings is 1. The van der Waals surface area contributed by atoms with Crippen molar-refractivity contribution in [2.75, 3.05) is 17.7 Å². The van der Waals surface area contributed by atoms with E-state index in [2.05, 4.69) is 36.5 Å². The molecule has 0 aliphatic rings. The third kappa shape index (κ3) is 2.70. The van der Waals surface area contributed by atoms with E-state index in [1.807, 2.05) is 0 Å². The van der Waals surface area contributed by atoms with Crippen molar-refractivity contribution in [1.29, 1.82) is 0 Å². The van der Waals surface area contributed by atoms with Crippen molar-refractivity contribution in [2.45, 2.75) is 0 Å². The first kappa shape index (κ1) is 13.0. The first-order valence-corrected chi connectivity index (χ1v) is 6.19. The van der Waals surface area contributed by atoms with Crippen LogP contribution < -0.4 is 10.6 Å². The molecule has 0 bridgehead atoms. The maximum Gasteiger partial charge on any atom is 0.150 e. The van der Waals surface area contributed by atoms with Gasteiger partial charge >= 0.3 is 0 Å². The zero-order valence-corrected chi connectivity index (χ0v) is 11.7. The summed E-state index contributed by atoms with van der Waals surface area (Å²) in [6.45, 7) is 0. The number of hydrogen-bond acceptors (Lipinski definition) is 4. The summed E-state index contributed by atoms with van der Waals surface area (Å²) in [5.74, 6) is 0.803. The summed E-state index contributed by atoms with van der Waals surface area (Å²) in [6.07, 6.45) is 1.41. The summed E-state index contributed by atoms with van der Waals surface area (Å²) in [6, 6.07) is 4.10. The number of nitrogens with one attached hydrogen (secondary N) is 2. The molecule has 0 fully saturated rings. The summed E-state index contributed by atoms with van der Waals surface area (Å²) in [5, 5.41) is 6.20. The molecule has 1 aromatic carbocycles. The Labute approximate surface area is 117 Å². The molecule has 4 nitrogen and oxygen atoms in total. The van der Waals surface area contributed by atoms with E-state index in [0.29, 0.717) is 21.8 Å². The minimum absolute atomic E-state index is 0.284. The average molecular weight is 332 g/mol. The molecule has 0 spiro atoms. The number of halogens is 3. The molecule has 0 radical (unpaired) electrons. The van der Waals surface area contributed by atoms with Crippen molar-refractivity contribution < 1.29 is 4.39 Å². The largest absolute Gasteiger partial charge is 0.372 e. The third-order valence-corrected chi connectivity index (χ3v) is 3.27. The number of anilines is 3. The minimum atomic E-state index is -0.386. The summed E-state index contributed by atoms with van der Waals surface area (Å²) in [7, 11) is 1.75. The second-order valence-corrected chi connectivity index (χ2v) is 4.58. The highest BCUT2D eigenvalue weighted by Gasteiger charge is 2.09. The lowest BCUT2D eigenvalue weighted by molar-refractivity contribution is 0.628. The molecule has 18 heavy (non-hydrogen) atoms. The zero-order valence-electron chi connectivity index (χ0n) is 9.34. The number of hydrogen-bond donors (Lipinski definition) is 2. The van der Waals surface area contributed by atoms with Crippen LogP contribution in [-0.4, -0.2) is 17.0 Å². The quantitative estimate of drug-likeness (QED) is 0.898. The molecule has 2 N–H and O–H groups in total. The van der Waals surface area contributed by atoms with Gasteiger partial charge in [-0.2, -0.15) is 0 Å². The van der Waals surface area contributed by atoms with E-state index in [1.54, 1.807) is 13.1 Å². The molecule has 94 valence electrons. The Balaban J connectivity index is 2.34. The fourth-order valence-corrected chi connectivity index (χ4v) is 2.07. The van der Waals surface area contributed by atoms with Gasteiger partial charge in [-0.25, -0.2) is 14.4 Å². The fourth-order valence-electron chi connectivity index (χ4n) is 1.35. The minimum Gasteiger partial charge on any atom is -0.372 e. The standard InChI is InChI=1S/C11H9BrClFN4/c1-15-10-9(12)11(17-5-16-10)18-8-3-2-6(14)4-7(8)13/h2-5H,1H3,(H2,15,16,17,18). The predicted molar refractivity (Wildman–Crippen MR) is 74.0 cm³/mol. The van der Waals surface area contributed by atoms with Crippen molar-refractivity contribution in [1.82, 2.24) is 9.97 Å². The van der Waals surface area contributed by atoms with Crippen LogP contribution in [0.3, 0.4) is 0 Å². The summed E-state index contributed by atoms with van der Waals surface area (Å²) >= 11 is 9.30. The number of nitrogens with zero attached hydrogens (tertiary/aromatic N) is 2. The van der Waals surface area contributed by atoms with Crippen LogP contribution >= 0.6 is 27.5 Å². The molecule has 2 aromatic rings. The molecule has 2 rings (SSSR count). The monoisotopic (exact) mass is 330 g/mol. The van der Waals surface area contributed by atoms with Crippen molar-refractivity contribution in [3.8, 4) is 0 Å². The van der Waals surface area contributed by atoms with Crippen LogP contribution in [0.15, 0.2) is 29.0 Å². The fraction of sp³-hybridized carbons (Fsp3) is 0.0909. The van der Waals surface area contributed by atoms with Crippen LogP contribution in [0.4, 0.5) is 21.7 Å². The highest BCUT2D eigenvalue weighted by molar-refractivity contribution is 9.10.